The highest BCUT2D eigenvalue weighted by Gasteiger charge is 2.12. The van der Waals surface area contributed by atoms with Crippen LogP contribution in [0, 0.1) is 0 Å². The van der Waals surface area contributed by atoms with Gasteiger partial charge >= 0.3 is 0 Å². The molecule has 4 rings (SSSR count). The van der Waals surface area contributed by atoms with Crippen molar-refractivity contribution in [2.45, 2.75) is 17.5 Å². The molecule has 4 aromatic rings. The second-order valence-corrected chi connectivity index (χ2v) is 7.79. The Labute approximate surface area is 188 Å². The van der Waals surface area contributed by atoms with E-state index >= 15 is 0 Å². The minimum Gasteiger partial charge on any atom is -0.486 e. The van der Waals surface area contributed by atoms with Crippen molar-refractivity contribution in [3.05, 3.63) is 71.3 Å². The highest BCUT2D eigenvalue weighted by Crippen LogP contribution is 2.22. The second-order valence-electron chi connectivity index (χ2n) is 6.41. The van der Waals surface area contributed by atoms with Crippen LogP contribution in [0.25, 0.3) is 0 Å². The van der Waals surface area contributed by atoms with Gasteiger partial charge in [-0.3, -0.25) is 0 Å². The van der Waals surface area contributed by atoms with Gasteiger partial charge in [-0.2, -0.15) is 15.0 Å². The number of nitrogens with one attached hydrogen (secondary N) is 1. The number of nitrogens with two attached hydrogens (primary N) is 1. The van der Waals surface area contributed by atoms with E-state index in [0.717, 1.165) is 5.69 Å². The van der Waals surface area contributed by atoms with Crippen molar-refractivity contribution < 1.29 is 4.74 Å². The Morgan fingerprint density at radius 2 is 1.81 bits per heavy atom. The van der Waals surface area contributed by atoms with E-state index < -0.39 is 0 Å². The number of nitrogen functional groups attached to an aromatic ring is 1. The molecule has 11 heteroatoms. The first-order valence-electron chi connectivity index (χ1n) is 9.29. The van der Waals surface area contributed by atoms with Gasteiger partial charge in [0.15, 0.2) is 11.0 Å². The Hall–Kier alpha value is -3.37. The summed E-state index contributed by atoms with van der Waals surface area (Å²) in [5.41, 5.74) is 6.72. The van der Waals surface area contributed by atoms with Crippen molar-refractivity contribution in [1.82, 2.24) is 29.7 Å². The molecule has 0 bridgehead atoms. The molecular formula is C20H19ClN8OS. The van der Waals surface area contributed by atoms with Gasteiger partial charge in [0, 0.05) is 17.8 Å². The Kier molecular flexibility index (Phi) is 6.48. The summed E-state index contributed by atoms with van der Waals surface area (Å²) < 4.78 is 7.61. The molecule has 2 heterocycles. The third kappa shape index (κ3) is 5.62. The lowest BCUT2D eigenvalue weighted by Crippen LogP contribution is -2.07. The number of rotatable bonds is 8. The van der Waals surface area contributed by atoms with Gasteiger partial charge in [0.05, 0.1) is 5.75 Å². The summed E-state index contributed by atoms with van der Waals surface area (Å²) in [7, 11) is 1.88. The lowest BCUT2D eigenvalue weighted by molar-refractivity contribution is 0.290. The SMILES string of the molecule is Cn1c(COc2ccc(Cl)cc2)nnc1SCc1nc(N)nc(Nc2ccccc2)n1. The average Bonchev–Trinajstić information content (AvgIpc) is 3.12. The number of hydrogen-bond donors (Lipinski definition) is 2. The van der Waals surface area contributed by atoms with Crippen molar-refractivity contribution in [1.29, 1.82) is 0 Å². The molecule has 0 radical (unpaired) electrons. The van der Waals surface area contributed by atoms with Crippen molar-refractivity contribution in [2.75, 3.05) is 11.1 Å². The monoisotopic (exact) mass is 454 g/mol. The lowest BCUT2D eigenvalue weighted by Gasteiger charge is -2.08. The topological polar surface area (TPSA) is 117 Å². The molecule has 0 spiro atoms. The molecule has 2 aromatic carbocycles. The first kappa shape index (κ1) is 20.9. The highest BCUT2D eigenvalue weighted by molar-refractivity contribution is 7.98. The van der Waals surface area contributed by atoms with Crippen LogP contribution in [0.5, 0.6) is 5.75 Å². The van der Waals surface area contributed by atoms with Gasteiger partial charge < -0.3 is 20.4 Å². The van der Waals surface area contributed by atoms with Gasteiger partial charge in [-0.15, -0.1) is 10.2 Å². The highest BCUT2D eigenvalue weighted by atomic mass is 35.5. The Bertz CT molecular complexity index is 1150. The Balaban J connectivity index is 1.38. The standard InChI is InChI=1S/C20H19ClN8OS/c1-29-17(11-30-15-9-7-13(21)8-10-15)27-28-20(29)31-12-16-24-18(22)26-19(25-16)23-14-5-3-2-4-6-14/h2-10H,11-12H2,1H3,(H3,22,23,24,25,26). The van der Waals surface area contributed by atoms with E-state index in [1.165, 1.54) is 11.8 Å². The fraction of sp³-hybridized carbons (Fsp3) is 0.150. The fourth-order valence-corrected chi connectivity index (χ4v) is 3.52. The molecule has 0 saturated carbocycles. The number of ether oxygens (including phenoxy) is 1. The third-order valence-electron chi connectivity index (χ3n) is 4.17. The predicted molar refractivity (Wildman–Crippen MR) is 120 cm³/mol. The summed E-state index contributed by atoms with van der Waals surface area (Å²) in [6, 6.07) is 16.8. The number of hydrogen-bond acceptors (Lipinski definition) is 9. The summed E-state index contributed by atoms with van der Waals surface area (Å²) >= 11 is 7.34. The van der Waals surface area contributed by atoms with Gasteiger partial charge in [-0.25, -0.2) is 0 Å². The van der Waals surface area contributed by atoms with Gasteiger partial charge in [0.2, 0.25) is 11.9 Å². The zero-order valence-electron chi connectivity index (χ0n) is 16.6. The number of halogens is 1. The average molecular weight is 455 g/mol. The van der Waals surface area contributed by atoms with Gasteiger partial charge in [-0.1, -0.05) is 41.6 Å². The molecule has 3 N–H and O–H groups in total. The molecule has 0 amide bonds. The second kappa shape index (κ2) is 9.63. The number of thioether (sulfide) groups is 1. The number of benzene rings is 2. The van der Waals surface area contributed by atoms with E-state index in [2.05, 4.69) is 30.5 Å². The van der Waals surface area contributed by atoms with Crippen molar-refractivity contribution in [3.63, 3.8) is 0 Å². The van der Waals surface area contributed by atoms with Crippen molar-refractivity contribution in [2.24, 2.45) is 7.05 Å². The molecule has 0 saturated heterocycles. The van der Waals surface area contributed by atoms with Crippen molar-refractivity contribution in [3.8, 4) is 5.75 Å². The number of anilines is 3. The van der Waals surface area contributed by atoms with E-state index in [0.29, 0.717) is 39.3 Å². The van der Waals surface area contributed by atoms with E-state index in [-0.39, 0.29) is 12.6 Å². The number of aromatic nitrogens is 6. The van der Waals surface area contributed by atoms with E-state index in [9.17, 15) is 0 Å². The Morgan fingerprint density at radius 3 is 2.58 bits per heavy atom. The minimum absolute atomic E-state index is 0.152. The zero-order chi connectivity index (χ0) is 21.6. The van der Waals surface area contributed by atoms with Gasteiger partial charge in [0.25, 0.3) is 0 Å². The first-order valence-corrected chi connectivity index (χ1v) is 10.6. The predicted octanol–water partition coefficient (Wildman–Crippen LogP) is 3.85. The van der Waals surface area contributed by atoms with Crippen LogP contribution in [-0.4, -0.2) is 29.7 Å². The maximum absolute atomic E-state index is 5.89. The molecule has 0 fully saturated rings. The van der Waals surface area contributed by atoms with Gasteiger partial charge in [0.1, 0.15) is 18.2 Å². The van der Waals surface area contributed by atoms with Crippen LogP contribution in [0.1, 0.15) is 11.6 Å². The number of nitrogens with zero attached hydrogens (tertiary/aromatic N) is 6. The molecular weight excluding hydrogens is 436 g/mol. The van der Waals surface area contributed by atoms with E-state index in [1.807, 2.05) is 41.9 Å². The van der Waals surface area contributed by atoms with Crippen LogP contribution < -0.4 is 15.8 Å². The Morgan fingerprint density at radius 1 is 1.03 bits per heavy atom. The zero-order valence-corrected chi connectivity index (χ0v) is 18.1. The maximum Gasteiger partial charge on any atom is 0.232 e. The molecule has 0 aliphatic carbocycles. The first-order chi connectivity index (χ1) is 15.1. The number of para-hydroxylation sites is 1. The molecule has 0 aliphatic heterocycles. The lowest BCUT2D eigenvalue weighted by atomic mass is 10.3. The minimum atomic E-state index is 0.152. The molecule has 158 valence electrons. The van der Waals surface area contributed by atoms with Crippen LogP contribution >= 0.6 is 23.4 Å². The summed E-state index contributed by atoms with van der Waals surface area (Å²) in [6.45, 7) is 0.287. The third-order valence-corrected chi connectivity index (χ3v) is 5.43. The quantitative estimate of drug-likeness (QED) is 0.383. The fourth-order valence-electron chi connectivity index (χ4n) is 2.61. The molecule has 2 aromatic heterocycles. The van der Waals surface area contributed by atoms with Crippen molar-refractivity contribution >= 4 is 40.9 Å². The molecule has 0 atom stereocenters. The summed E-state index contributed by atoms with van der Waals surface area (Å²) in [4.78, 5) is 12.8. The molecule has 0 unspecified atom stereocenters. The van der Waals surface area contributed by atoms with Crippen LogP contribution in [0.15, 0.2) is 59.8 Å². The summed E-state index contributed by atoms with van der Waals surface area (Å²) in [6.07, 6.45) is 0. The molecule has 31 heavy (non-hydrogen) atoms. The summed E-state index contributed by atoms with van der Waals surface area (Å²) in [5.74, 6) is 2.95. The normalized spacial score (nSPS) is 10.8. The summed E-state index contributed by atoms with van der Waals surface area (Å²) in [5, 5.41) is 12.9. The molecule has 0 aliphatic rings. The van der Waals surface area contributed by atoms with Crippen LogP contribution in [-0.2, 0) is 19.4 Å². The largest absolute Gasteiger partial charge is 0.486 e. The molecule has 9 nitrogen and oxygen atoms in total. The van der Waals surface area contributed by atoms with Crippen LogP contribution in [0.3, 0.4) is 0 Å². The smallest absolute Gasteiger partial charge is 0.232 e. The maximum atomic E-state index is 5.89. The van der Waals surface area contributed by atoms with Gasteiger partial charge in [-0.05, 0) is 36.4 Å². The van der Waals surface area contributed by atoms with E-state index in [4.69, 9.17) is 22.1 Å². The van der Waals surface area contributed by atoms with E-state index in [1.54, 1.807) is 24.3 Å². The van der Waals surface area contributed by atoms with Crippen LogP contribution in [0.2, 0.25) is 5.02 Å². The van der Waals surface area contributed by atoms with Crippen LogP contribution in [0.4, 0.5) is 17.6 Å².